The highest BCUT2D eigenvalue weighted by molar-refractivity contribution is 6.00. The van der Waals surface area contributed by atoms with E-state index in [2.05, 4.69) is 10.6 Å². The van der Waals surface area contributed by atoms with Crippen molar-refractivity contribution in [3.05, 3.63) is 64.7 Å². The number of rotatable bonds is 12. The Labute approximate surface area is 237 Å². The molecule has 4 N–H and O–H groups in total. The normalized spacial score (nSPS) is 12.7. The summed E-state index contributed by atoms with van der Waals surface area (Å²) in [6, 6.07) is 10.8. The second-order valence-electron chi connectivity index (χ2n) is 11.2. The summed E-state index contributed by atoms with van der Waals surface area (Å²) in [7, 11) is 0. The number of carbonyl (C=O) groups is 4. The van der Waals surface area contributed by atoms with Crippen LogP contribution in [0.1, 0.15) is 81.7 Å². The van der Waals surface area contributed by atoms with E-state index in [-0.39, 0.29) is 6.54 Å². The number of ether oxygens (including phenoxy) is 1. The van der Waals surface area contributed by atoms with Gasteiger partial charge in [-0.15, -0.1) is 0 Å². The molecule has 0 aromatic heterocycles. The van der Waals surface area contributed by atoms with Crippen molar-refractivity contribution in [2.75, 3.05) is 11.9 Å². The summed E-state index contributed by atoms with van der Waals surface area (Å²) in [5.41, 5.74) is 8.71. The van der Waals surface area contributed by atoms with Crippen molar-refractivity contribution in [3.8, 4) is 0 Å². The van der Waals surface area contributed by atoms with Crippen molar-refractivity contribution in [1.29, 1.82) is 0 Å². The van der Waals surface area contributed by atoms with Crippen molar-refractivity contribution in [3.63, 3.8) is 0 Å². The largest absolute Gasteiger partial charge is 0.444 e. The highest BCUT2D eigenvalue weighted by Gasteiger charge is 2.37. The van der Waals surface area contributed by atoms with Gasteiger partial charge in [-0.05, 0) is 64.7 Å². The van der Waals surface area contributed by atoms with Gasteiger partial charge in [0.2, 0.25) is 11.8 Å². The quantitative estimate of drug-likeness (QED) is 0.316. The van der Waals surface area contributed by atoms with E-state index in [0.29, 0.717) is 17.7 Å². The summed E-state index contributed by atoms with van der Waals surface area (Å²) in [4.78, 5) is 54.2. The minimum absolute atomic E-state index is 0.233. The molecule has 2 atom stereocenters. The number of amides is 4. The fourth-order valence-corrected chi connectivity index (χ4v) is 4.37. The monoisotopic (exact) mass is 552 g/mol. The predicted octanol–water partition coefficient (Wildman–Crippen LogP) is 5.08. The lowest BCUT2D eigenvalue weighted by molar-refractivity contribution is -0.142. The van der Waals surface area contributed by atoms with Crippen LogP contribution in [0.2, 0.25) is 0 Å². The van der Waals surface area contributed by atoms with Gasteiger partial charge in [0, 0.05) is 12.2 Å². The minimum Gasteiger partial charge on any atom is -0.444 e. The van der Waals surface area contributed by atoms with E-state index in [1.54, 1.807) is 20.8 Å². The average molecular weight is 553 g/mol. The Morgan fingerprint density at radius 3 is 2.08 bits per heavy atom. The molecule has 9 heteroatoms. The Morgan fingerprint density at radius 2 is 1.55 bits per heavy atom. The molecule has 218 valence electrons. The molecule has 0 saturated carbocycles. The summed E-state index contributed by atoms with van der Waals surface area (Å²) in [5.74, 6) is -1.76. The first-order valence-electron chi connectivity index (χ1n) is 13.8. The van der Waals surface area contributed by atoms with Gasteiger partial charge >= 0.3 is 6.09 Å². The van der Waals surface area contributed by atoms with Crippen molar-refractivity contribution in [2.45, 2.75) is 91.8 Å². The molecule has 40 heavy (non-hydrogen) atoms. The number of nitrogens with one attached hydrogen (secondary N) is 2. The molecule has 2 rings (SSSR count). The summed E-state index contributed by atoms with van der Waals surface area (Å²) in [6.45, 7) is 13.1. The lowest BCUT2D eigenvalue weighted by Crippen LogP contribution is -2.53. The predicted molar refractivity (Wildman–Crippen MR) is 157 cm³/mol. The van der Waals surface area contributed by atoms with Gasteiger partial charge in [-0.25, -0.2) is 4.79 Å². The fraction of sp³-hybridized carbons (Fsp3) is 0.484. The SMILES string of the molecule is CCCCCN(C(=O)C(CC(N)=O)NC(=O)OC(C)(C)C)C(C(=O)Nc1c(C)cccc1C)c1ccc(C)cc1. The zero-order chi connectivity index (χ0) is 30.0. The molecule has 0 bridgehead atoms. The van der Waals surface area contributed by atoms with Gasteiger partial charge in [0.1, 0.15) is 17.7 Å². The number of primary amides is 1. The molecule has 0 heterocycles. The maximum absolute atomic E-state index is 14.1. The van der Waals surface area contributed by atoms with Crippen LogP contribution in [-0.4, -0.2) is 46.9 Å². The minimum atomic E-state index is -1.31. The molecular formula is C31H44N4O5. The first-order chi connectivity index (χ1) is 18.7. The molecule has 2 unspecified atom stereocenters. The van der Waals surface area contributed by atoms with Crippen LogP contribution in [0.15, 0.2) is 42.5 Å². The Bertz CT molecular complexity index is 1170. The maximum Gasteiger partial charge on any atom is 0.408 e. The summed E-state index contributed by atoms with van der Waals surface area (Å²) in [6.07, 6.45) is 1.04. The van der Waals surface area contributed by atoms with Gasteiger partial charge in [0.15, 0.2) is 0 Å². The Morgan fingerprint density at radius 1 is 0.950 bits per heavy atom. The second-order valence-corrected chi connectivity index (χ2v) is 11.2. The van der Waals surface area contributed by atoms with Crippen molar-refractivity contribution >= 4 is 29.5 Å². The molecular weight excluding hydrogens is 508 g/mol. The number of benzene rings is 2. The molecule has 0 fully saturated rings. The molecule has 0 spiro atoms. The lowest BCUT2D eigenvalue weighted by atomic mass is 9.99. The van der Waals surface area contributed by atoms with E-state index in [1.165, 1.54) is 4.90 Å². The van der Waals surface area contributed by atoms with Crippen molar-refractivity contribution in [2.24, 2.45) is 5.73 Å². The standard InChI is InChI=1S/C31H44N4O5/c1-8-9-10-18-35(29(38)24(19-25(32)36)33-30(39)40-31(5,6)7)27(23-16-14-20(2)15-17-23)28(37)34-26-21(3)12-11-13-22(26)4/h11-17,24,27H,8-10,18-19H2,1-7H3,(H2,32,36)(H,33,39)(H,34,37). The Balaban J connectivity index is 2.58. The number of aryl methyl sites for hydroxylation is 3. The van der Waals surface area contributed by atoms with Gasteiger partial charge < -0.3 is 26.0 Å². The van der Waals surface area contributed by atoms with Crippen LogP contribution in [0.25, 0.3) is 0 Å². The van der Waals surface area contributed by atoms with Crippen LogP contribution in [-0.2, 0) is 19.1 Å². The number of carbonyl (C=O) groups excluding carboxylic acids is 4. The number of nitrogens with zero attached hydrogens (tertiary/aromatic N) is 1. The molecule has 0 aliphatic rings. The van der Waals surface area contributed by atoms with Gasteiger partial charge in [-0.1, -0.05) is 67.8 Å². The van der Waals surface area contributed by atoms with Crippen LogP contribution < -0.4 is 16.4 Å². The number of unbranched alkanes of at least 4 members (excludes halogenated alkanes) is 2. The fourth-order valence-electron chi connectivity index (χ4n) is 4.37. The second kappa shape index (κ2) is 14.5. The van der Waals surface area contributed by atoms with E-state index in [0.717, 1.165) is 29.5 Å². The number of hydrogen-bond donors (Lipinski definition) is 3. The highest BCUT2D eigenvalue weighted by atomic mass is 16.6. The van der Waals surface area contributed by atoms with Crippen LogP contribution in [0.4, 0.5) is 10.5 Å². The molecule has 2 aromatic rings. The average Bonchev–Trinajstić information content (AvgIpc) is 2.84. The molecule has 2 aromatic carbocycles. The number of hydrogen-bond acceptors (Lipinski definition) is 5. The lowest BCUT2D eigenvalue weighted by Gasteiger charge is -2.34. The zero-order valence-corrected chi connectivity index (χ0v) is 24.8. The van der Waals surface area contributed by atoms with Gasteiger partial charge in [0.25, 0.3) is 5.91 Å². The Kier molecular flexibility index (Phi) is 11.7. The van der Waals surface area contributed by atoms with E-state index in [9.17, 15) is 19.2 Å². The number of para-hydroxylation sites is 1. The number of nitrogens with two attached hydrogens (primary N) is 1. The number of alkyl carbamates (subject to hydrolysis) is 1. The number of anilines is 1. The first kappa shape index (κ1) is 32.3. The maximum atomic E-state index is 14.1. The summed E-state index contributed by atoms with van der Waals surface area (Å²) >= 11 is 0. The van der Waals surface area contributed by atoms with Crippen molar-refractivity contribution < 1.29 is 23.9 Å². The van der Waals surface area contributed by atoms with Gasteiger partial charge in [-0.3, -0.25) is 14.4 Å². The van der Waals surface area contributed by atoms with E-state index in [4.69, 9.17) is 10.5 Å². The molecule has 0 radical (unpaired) electrons. The van der Waals surface area contributed by atoms with Crippen LogP contribution >= 0.6 is 0 Å². The topological polar surface area (TPSA) is 131 Å². The third-order valence-corrected chi connectivity index (χ3v) is 6.36. The highest BCUT2D eigenvalue weighted by Crippen LogP contribution is 2.28. The van der Waals surface area contributed by atoms with E-state index < -0.39 is 47.9 Å². The third-order valence-electron chi connectivity index (χ3n) is 6.36. The van der Waals surface area contributed by atoms with E-state index >= 15 is 0 Å². The molecule has 0 saturated heterocycles. The summed E-state index contributed by atoms with van der Waals surface area (Å²) < 4.78 is 5.34. The van der Waals surface area contributed by atoms with Gasteiger partial charge in [0.05, 0.1) is 6.42 Å². The molecule has 9 nitrogen and oxygen atoms in total. The first-order valence-corrected chi connectivity index (χ1v) is 13.8. The van der Waals surface area contributed by atoms with Crippen molar-refractivity contribution in [1.82, 2.24) is 10.2 Å². The van der Waals surface area contributed by atoms with Crippen LogP contribution in [0.3, 0.4) is 0 Å². The molecule has 4 amide bonds. The van der Waals surface area contributed by atoms with Crippen LogP contribution in [0.5, 0.6) is 0 Å². The van der Waals surface area contributed by atoms with E-state index in [1.807, 2.05) is 70.2 Å². The molecule has 0 aliphatic carbocycles. The zero-order valence-electron chi connectivity index (χ0n) is 24.8. The van der Waals surface area contributed by atoms with Crippen LogP contribution in [0, 0.1) is 20.8 Å². The third kappa shape index (κ3) is 9.70. The smallest absolute Gasteiger partial charge is 0.408 e. The van der Waals surface area contributed by atoms with Gasteiger partial charge in [-0.2, -0.15) is 0 Å². The summed E-state index contributed by atoms with van der Waals surface area (Å²) in [5, 5.41) is 5.55. The molecule has 0 aliphatic heterocycles. The Hall–Kier alpha value is -3.88.